The molecule has 1 unspecified atom stereocenters. The van der Waals surface area contributed by atoms with Crippen molar-refractivity contribution in [3.63, 3.8) is 0 Å². The Morgan fingerprint density at radius 1 is 1.45 bits per heavy atom. The second kappa shape index (κ2) is 4.60. The van der Waals surface area contributed by atoms with Crippen LogP contribution in [0.2, 0.25) is 0 Å². The van der Waals surface area contributed by atoms with Gasteiger partial charge in [0, 0.05) is 5.56 Å². The molecule has 3 heterocycles. The smallest absolute Gasteiger partial charge is 0.152 e. The van der Waals surface area contributed by atoms with Gasteiger partial charge in [0.05, 0.1) is 22.4 Å². The molecule has 0 radical (unpaired) electrons. The van der Waals surface area contributed by atoms with Crippen LogP contribution < -0.4 is 5.73 Å². The minimum Gasteiger partial charge on any atom is -0.384 e. The van der Waals surface area contributed by atoms with Crippen LogP contribution in [0.15, 0.2) is 11.4 Å². The van der Waals surface area contributed by atoms with Gasteiger partial charge in [0.2, 0.25) is 0 Å². The molecule has 0 aromatic carbocycles. The van der Waals surface area contributed by atoms with Gasteiger partial charge in [0.25, 0.3) is 0 Å². The predicted molar refractivity (Wildman–Crippen MR) is 81.7 cm³/mol. The summed E-state index contributed by atoms with van der Waals surface area (Å²) in [4.78, 5) is 1.11. The van der Waals surface area contributed by atoms with Gasteiger partial charge in [-0.15, -0.1) is 11.3 Å². The standard InChI is InChI=1S/C13H17N3O2S2/c1-8-3-5-19-12(8)11-9(2)13(14)16(15-11)10-4-6-20(17,18)7-10/h3,5,10H,4,6-7,14H2,1-2H3. The summed E-state index contributed by atoms with van der Waals surface area (Å²) in [7, 11) is -2.94. The molecule has 3 rings (SSSR count). The average molecular weight is 311 g/mol. The molecular weight excluding hydrogens is 294 g/mol. The molecule has 7 heteroatoms. The van der Waals surface area contributed by atoms with Crippen LogP contribution in [-0.4, -0.2) is 29.7 Å². The van der Waals surface area contributed by atoms with Crippen molar-refractivity contribution in [2.24, 2.45) is 0 Å². The van der Waals surface area contributed by atoms with E-state index < -0.39 is 9.84 Å². The van der Waals surface area contributed by atoms with Gasteiger partial charge in [-0.25, -0.2) is 13.1 Å². The third-order valence-electron chi connectivity index (χ3n) is 3.83. The van der Waals surface area contributed by atoms with E-state index in [1.165, 1.54) is 5.56 Å². The zero-order valence-corrected chi connectivity index (χ0v) is 13.1. The zero-order chi connectivity index (χ0) is 14.5. The van der Waals surface area contributed by atoms with Gasteiger partial charge in [0.15, 0.2) is 9.84 Å². The highest BCUT2D eigenvalue weighted by molar-refractivity contribution is 7.91. The van der Waals surface area contributed by atoms with Crippen LogP contribution in [0.5, 0.6) is 0 Å². The first-order valence-corrected chi connectivity index (χ1v) is 9.18. The fourth-order valence-corrected chi connectivity index (χ4v) is 5.27. The maximum Gasteiger partial charge on any atom is 0.152 e. The van der Waals surface area contributed by atoms with Crippen molar-refractivity contribution in [3.05, 3.63) is 22.6 Å². The molecule has 108 valence electrons. The zero-order valence-electron chi connectivity index (χ0n) is 11.5. The van der Waals surface area contributed by atoms with Gasteiger partial charge in [-0.2, -0.15) is 5.10 Å². The number of sulfone groups is 1. The lowest BCUT2D eigenvalue weighted by atomic mass is 10.2. The first-order valence-electron chi connectivity index (χ1n) is 6.48. The van der Waals surface area contributed by atoms with Crippen LogP contribution in [0.4, 0.5) is 5.82 Å². The Kier molecular flexibility index (Phi) is 3.13. The van der Waals surface area contributed by atoms with Crippen LogP contribution in [-0.2, 0) is 9.84 Å². The molecule has 2 aromatic heterocycles. The molecule has 5 nitrogen and oxygen atoms in total. The Labute approximate surface area is 122 Å². The van der Waals surface area contributed by atoms with E-state index in [0.717, 1.165) is 16.1 Å². The van der Waals surface area contributed by atoms with Crippen molar-refractivity contribution in [2.45, 2.75) is 26.3 Å². The average Bonchev–Trinajstić information content (AvgIpc) is 3.02. The lowest BCUT2D eigenvalue weighted by Crippen LogP contribution is -2.14. The minimum atomic E-state index is -2.94. The van der Waals surface area contributed by atoms with Crippen molar-refractivity contribution >= 4 is 27.0 Å². The summed E-state index contributed by atoms with van der Waals surface area (Å²) in [6.07, 6.45) is 0.594. The summed E-state index contributed by atoms with van der Waals surface area (Å²) in [6, 6.07) is 1.92. The van der Waals surface area contributed by atoms with E-state index in [2.05, 4.69) is 11.2 Å². The Hall–Kier alpha value is -1.34. The number of rotatable bonds is 2. The lowest BCUT2D eigenvalue weighted by molar-refractivity contribution is 0.508. The molecule has 1 fully saturated rings. The van der Waals surface area contributed by atoms with E-state index in [-0.39, 0.29) is 17.5 Å². The maximum absolute atomic E-state index is 11.6. The Bertz CT molecular complexity index is 759. The van der Waals surface area contributed by atoms with Crippen molar-refractivity contribution < 1.29 is 8.42 Å². The van der Waals surface area contributed by atoms with Gasteiger partial charge in [-0.1, -0.05) is 0 Å². The lowest BCUT2D eigenvalue weighted by Gasteiger charge is -2.10. The first kappa shape index (κ1) is 13.6. The molecule has 0 spiro atoms. The van der Waals surface area contributed by atoms with Crippen molar-refractivity contribution in [2.75, 3.05) is 17.2 Å². The van der Waals surface area contributed by atoms with E-state index in [1.54, 1.807) is 16.0 Å². The number of nitrogens with zero attached hydrogens (tertiary/aromatic N) is 2. The number of nitrogens with two attached hydrogens (primary N) is 1. The summed E-state index contributed by atoms with van der Waals surface area (Å²) in [5, 5.41) is 6.62. The summed E-state index contributed by atoms with van der Waals surface area (Å²) < 4.78 is 24.9. The molecule has 1 aliphatic rings. The molecule has 0 aliphatic carbocycles. The number of thiophene rings is 1. The SMILES string of the molecule is Cc1ccsc1-c1nn(C2CCS(=O)(=O)C2)c(N)c1C. The fourth-order valence-electron chi connectivity index (χ4n) is 2.61. The Morgan fingerprint density at radius 3 is 2.75 bits per heavy atom. The number of hydrogen-bond donors (Lipinski definition) is 1. The summed E-state index contributed by atoms with van der Waals surface area (Å²) in [5.74, 6) is 0.944. The summed E-state index contributed by atoms with van der Waals surface area (Å²) in [5.41, 5.74) is 9.11. The van der Waals surface area contributed by atoms with Crippen molar-refractivity contribution in [1.29, 1.82) is 0 Å². The fraction of sp³-hybridized carbons (Fsp3) is 0.462. The highest BCUT2D eigenvalue weighted by Crippen LogP contribution is 2.35. The number of aryl methyl sites for hydroxylation is 1. The molecule has 1 aliphatic heterocycles. The first-order chi connectivity index (χ1) is 9.39. The minimum absolute atomic E-state index is 0.132. The number of nitrogen functional groups attached to an aromatic ring is 1. The van der Waals surface area contributed by atoms with E-state index >= 15 is 0 Å². The van der Waals surface area contributed by atoms with Crippen molar-refractivity contribution in [3.8, 4) is 10.6 Å². The van der Waals surface area contributed by atoms with Gasteiger partial charge in [0.1, 0.15) is 11.5 Å². The van der Waals surface area contributed by atoms with Crippen LogP contribution in [0.25, 0.3) is 10.6 Å². The summed E-state index contributed by atoms with van der Waals surface area (Å²) in [6.45, 7) is 3.98. The second-order valence-corrected chi connectivity index (χ2v) is 8.44. The van der Waals surface area contributed by atoms with Crippen LogP contribution >= 0.6 is 11.3 Å². The van der Waals surface area contributed by atoms with Gasteiger partial charge < -0.3 is 5.73 Å². The van der Waals surface area contributed by atoms with Crippen molar-refractivity contribution in [1.82, 2.24) is 9.78 Å². The van der Waals surface area contributed by atoms with Crippen LogP contribution in [0.1, 0.15) is 23.6 Å². The maximum atomic E-state index is 11.6. The highest BCUT2D eigenvalue weighted by Gasteiger charge is 2.32. The normalized spacial score (nSPS) is 21.4. The number of anilines is 1. The Balaban J connectivity index is 2.05. The molecule has 2 aromatic rings. The third-order valence-corrected chi connectivity index (χ3v) is 6.60. The molecular formula is C13H17N3O2S2. The molecule has 1 saturated heterocycles. The topological polar surface area (TPSA) is 78.0 Å². The second-order valence-electron chi connectivity index (χ2n) is 5.29. The van der Waals surface area contributed by atoms with Gasteiger partial charge >= 0.3 is 0 Å². The molecule has 0 bridgehead atoms. The quantitative estimate of drug-likeness (QED) is 0.922. The van der Waals surface area contributed by atoms with E-state index in [4.69, 9.17) is 5.73 Å². The molecule has 2 N–H and O–H groups in total. The molecule has 0 amide bonds. The van der Waals surface area contributed by atoms with Gasteiger partial charge in [-0.05, 0) is 37.3 Å². The van der Waals surface area contributed by atoms with Crippen LogP contribution in [0.3, 0.4) is 0 Å². The largest absolute Gasteiger partial charge is 0.384 e. The van der Waals surface area contributed by atoms with E-state index in [1.807, 2.05) is 19.2 Å². The highest BCUT2D eigenvalue weighted by atomic mass is 32.2. The third kappa shape index (κ3) is 2.14. The monoisotopic (exact) mass is 311 g/mol. The van der Waals surface area contributed by atoms with E-state index in [9.17, 15) is 8.42 Å². The Morgan fingerprint density at radius 2 is 2.20 bits per heavy atom. The number of hydrogen-bond acceptors (Lipinski definition) is 5. The molecule has 20 heavy (non-hydrogen) atoms. The summed E-state index contributed by atoms with van der Waals surface area (Å²) >= 11 is 1.63. The predicted octanol–water partition coefficient (Wildman–Crippen LogP) is 2.17. The number of aromatic nitrogens is 2. The van der Waals surface area contributed by atoms with E-state index in [0.29, 0.717) is 12.2 Å². The molecule has 0 saturated carbocycles. The van der Waals surface area contributed by atoms with Crippen LogP contribution in [0, 0.1) is 13.8 Å². The van der Waals surface area contributed by atoms with Gasteiger partial charge in [-0.3, -0.25) is 0 Å². The molecule has 1 atom stereocenters.